The second kappa shape index (κ2) is 12.5. The average molecular weight is 638 g/mol. The van der Waals surface area contributed by atoms with E-state index in [-0.39, 0.29) is 34.8 Å². The Labute approximate surface area is 271 Å². The highest BCUT2D eigenvalue weighted by Gasteiger charge is 2.70. The van der Waals surface area contributed by atoms with Crippen molar-refractivity contribution in [2.45, 2.75) is 116 Å². The summed E-state index contributed by atoms with van der Waals surface area (Å²) < 4.78 is 0. The highest BCUT2D eigenvalue weighted by molar-refractivity contribution is 6.37. The van der Waals surface area contributed by atoms with Gasteiger partial charge in [-0.05, 0) is 72.0 Å². The summed E-state index contributed by atoms with van der Waals surface area (Å²) in [5.41, 5.74) is 4.87. The molecule has 4 aliphatic rings. The Bertz CT molecular complexity index is 1380. The highest BCUT2D eigenvalue weighted by atomic mass is 16.3. The molecule has 0 radical (unpaired) electrons. The largest absolute Gasteiger partial charge is 0.508 e. The van der Waals surface area contributed by atoms with Gasteiger partial charge in [0.15, 0.2) is 0 Å². The number of phenolic OH excluding ortho intramolecular Hbond substituents is 1. The van der Waals surface area contributed by atoms with Crippen LogP contribution in [0.15, 0.2) is 24.3 Å². The van der Waals surface area contributed by atoms with Gasteiger partial charge < -0.3 is 31.7 Å². The Morgan fingerprint density at radius 2 is 1.72 bits per heavy atom. The molecule has 0 bridgehead atoms. The van der Waals surface area contributed by atoms with Gasteiger partial charge in [0.1, 0.15) is 17.8 Å². The minimum absolute atomic E-state index is 0.100. The van der Waals surface area contributed by atoms with E-state index in [0.29, 0.717) is 19.4 Å². The maximum absolute atomic E-state index is 14.4. The van der Waals surface area contributed by atoms with E-state index >= 15 is 0 Å². The van der Waals surface area contributed by atoms with Crippen molar-refractivity contribution in [3.63, 3.8) is 0 Å². The second-order valence-corrected chi connectivity index (χ2v) is 15.9. The van der Waals surface area contributed by atoms with Crippen LogP contribution in [0.5, 0.6) is 5.75 Å². The molecule has 3 aliphatic carbocycles. The van der Waals surface area contributed by atoms with E-state index in [1.54, 1.807) is 23.1 Å². The lowest BCUT2D eigenvalue weighted by atomic mass is 9.77. The second-order valence-electron chi connectivity index (χ2n) is 15.9. The van der Waals surface area contributed by atoms with Crippen LogP contribution >= 0.6 is 0 Å². The van der Waals surface area contributed by atoms with Crippen LogP contribution in [0.1, 0.15) is 91.5 Å². The molecule has 3 saturated carbocycles. The number of likely N-dealkylation sites (tertiary alicyclic amines) is 1. The van der Waals surface area contributed by atoms with Gasteiger partial charge in [0.05, 0.1) is 6.04 Å². The zero-order valence-corrected chi connectivity index (χ0v) is 27.9. The summed E-state index contributed by atoms with van der Waals surface area (Å²) in [5, 5.41) is 19.0. The Balaban J connectivity index is 1.34. The number of ketones is 1. The molecule has 0 spiro atoms. The minimum Gasteiger partial charge on any atom is -0.508 e. The van der Waals surface area contributed by atoms with E-state index in [2.05, 4.69) is 29.8 Å². The highest BCUT2D eigenvalue weighted by Crippen LogP contribution is 2.65. The Hall–Kier alpha value is -3.63. The van der Waals surface area contributed by atoms with Crippen LogP contribution in [0.25, 0.3) is 0 Å². The number of nitrogens with two attached hydrogens (primary N) is 1. The molecular weight excluding hydrogens is 586 g/mol. The van der Waals surface area contributed by atoms with Crippen molar-refractivity contribution in [2.24, 2.45) is 34.3 Å². The summed E-state index contributed by atoms with van der Waals surface area (Å²) in [6, 6.07) is 3.84. The van der Waals surface area contributed by atoms with E-state index < -0.39 is 52.7 Å². The number of carbonyl (C=O) groups is 5. The summed E-state index contributed by atoms with van der Waals surface area (Å²) in [7, 11) is 0. The van der Waals surface area contributed by atoms with Gasteiger partial charge >= 0.3 is 6.03 Å². The molecule has 6 N–H and O–H groups in total. The number of aromatic hydroxyl groups is 1. The van der Waals surface area contributed by atoms with E-state index in [4.69, 9.17) is 5.73 Å². The van der Waals surface area contributed by atoms with Crippen molar-refractivity contribution in [1.82, 2.24) is 20.9 Å². The quantitative estimate of drug-likeness (QED) is 0.233. The van der Waals surface area contributed by atoms with Crippen LogP contribution in [0, 0.1) is 28.6 Å². The molecule has 1 aromatic rings. The van der Waals surface area contributed by atoms with Crippen LogP contribution in [-0.2, 0) is 25.6 Å². The predicted molar refractivity (Wildman–Crippen MR) is 172 cm³/mol. The van der Waals surface area contributed by atoms with E-state index in [0.717, 1.165) is 50.5 Å². The number of fused-ring (bicyclic) bond motifs is 1. The zero-order valence-electron chi connectivity index (χ0n) is 27.9. The average Bonchev–Trinajstić information content (AvgIpc) is 3.82. The Kier molecular flexibility index (Phi) is 9.18. The number of Topliss-reactive ketones (excluding diaryl/α,β-unsaturated/α-hetero) is 1. The maximum Gasteiger partial charge on any atom is 0.315 e. The number of phenols is 1. The molecule has 5 atom stereocenters. The molecule has 46 heavy (non-hydrogen) atoms. The molecule has 1 saturated heterocycles. The molecule has 1 aromatic carbocycles. The smallest absolute Gasteiger partial charge is 0.315 e. The van der Waals surface area contributed by atoms with Crippen molar-refractivity contribution < 1.29 is 29.1 Å². The number of urea groups is 1. The van der Waals surface area contributed by atoms with Crippen molar-refractivity contribution in [3.8, 4) is 5.75 Å². The predicted octanol–water partition coefficient (Wildman–Crippen LogP) is 3.17. The fourth-order valence-corrected chi connectivity index (χ4v) is 8.01. The maximum atomic E-state index is 14.4. The standard InChI is InChI=1S/C35H51N5O6/c1-33(2,3)28(38-32(46)39-35(14-7-6-8-15-35)18-21-10-9-11-22(41)16-21)31(45)40-19-23-25(34(23,4)5)26(40)30(44)37-24(17-20-12-13-20)27(42)29(36)43/h9-11,16,20,23-26,28,41H,6-8,12-15,17-19H2,1-5H3,(H2,36,43)(H,37,44)(H2,38,39,46)/t23-,24?,25-,26-,28+/m0/s1. The van der Waals surface area contributed by atoms with Crippen LogP contribution in [0.2, 0.25) is 0 Å². The van der Waals surface area contributed by atoms with E-state index in [1.165, 1.54) is 0 Å². The number of rotatable bonds is 11. The fourth-order valence-electron chi connectivity index (χ4n) is 8.01. The summed E-state index contributed by atoms with van der Waals surface area (Å²) in [4.78, 5) is 68.0. The van der Waals surface area contributed by atoms with Gasteiger partial charge in [0.25, 0.3) is 5.91 Å². The van der Waals surface area contributed by atoms with Crippen molar-refractivity contribution in [3.05, 3.63) is 29.8 Å². The number of hydrogen-bond acceptors (Lipinski definition) is 6. The lowest BCUT2D eigenvalue weighted by Gasteiger charge is -2.41. The first kappa shape index (κ1) is 33.7. The van der Waals surface area contributed by atoms with Crippen LogP contribution in [-0.4, -0.2) is 69.8 Å². The number of amides is 5. The topological polar surface area (TPSA) is 171 Å². The minimum atomic E-state index is -1.09. The number of carbonyl (C=O) groups excluding carboxylic acids is 5. The molecule has 5 rings (SSSR count). The number of nitrogens with zero attached hydrogens (tertiary/aromatic N) is 1. The number of hydrogen-bond donors (Lipinski definition) is 5. The fraction of sp³-hybridized carbons (Fsp3) is 0.686. The number of benzene rings is 1. The summed E-state index contributed by atoms with van der Waals surface area (Å²) in [5.74, 6) is -2.30. The normalized spacial score (nSPS) is 25.8. The SMILES string of the molecule is CC(C)(C)[C@H](NC(=O)NC1(Cc2cccc(O)c2)CCCCC1)C(=O)N1C[C@H]2[C@@H]([C@H]1C(=O)NC(CC1CC1)C(=O)C(N)=O)C2(C)C. The van der Waals surface area contributed by atoms with E-state index in [1.807, 2.05) is 26.8 Å². The van der Waals surface area contributed by atoms with Gasteiger partial charge in [-0.2, -0.15) is 0 Å². The Morgan fingerprint density at radius 1 is 1.04 bits per heavy atom. The van der Waals surface area contributed by atoms with E-state index in [9.17, 15) is 29.1 Å². The van der Waals surface area contributed by atoms with Crippen molar-refractivity contribution in [2.75, 3.05) is 6.54 Å². The van der Waals surface area contributed by atoms with Crippen LogP contribution in [0.4, 0.5) is 4.79 Å². The van der Waals surface area contributed by atoms with Crippen molar-refractivity contribution in [1.29, 1.82) is 0 Å². The summed E-state index contributed by atoms with van der Waals surface area (Å²) in [6.07, 6.45) is 7.34. The molecule has 11 heteroatoms. The first-order valence-electron chi connectivity index (χ1n) is 16.8. The third-order valence-electron chi connectivity index (χ3n) is 10.9. The third kappa shape index (κ3) is 7.18. The van der Waals surface area contributed by atoms with Crippen LogP contribution < -0.4 is 21.7 Å². The summed E-state index contributed by atoms with van der Waals surface area (Å²) in [6.45, 7) is 10.2. The molecule has 4 fully saturated rings. The van der Waals surface area contributed by atoms with Gasteiger partial charge in [-0.1, -0.05) is 78.9 Å². The molecular formula is C35H51N5O6. The van der Waals surface area contributed by atoms with Gasteiger partial charge in [0.2, 0.25) is 17.6 Å². The molecule has 0 aromatic heterocycles. The van der Waals surface area contributed by atoms with Gasteiger partial charge in [-0.25, -0.2) is 4.79 Å². The van der Waals surface area contributed by atoms with Crippen molar-refractivity contribution >= 4 is 29.5 Å². The molecule has 1 aliphatic heterocycles. The van der Waals surface area contributed by atoms with Gasteiger partial charge in [-0.15, -0.1) is 0 Å². The third-order valence-corrected chi connectivity index (χ3v) is 10.9. The zero-order chi connectivity index (χ0) is 33.6. The first-order valence-corrected chi connectivity index (χ1v) is 16.8. The molecule has 252 valence electrons. The number of nitrogens with one attached hydrogen (secondary N) is 3. The lowest BCUT2D eigenvalue weighted by molar-refractivity contribution is -0.145. The molecule has 1 heterocycles. The lowest BCUT2D eigenvalue weighted by Crippen LogP contribution is -2.63. The summed E-state index contributed by atoms with van der Waals surface area (Å²) >= 11 is 0. The molecule has 5 amide bonds. The number of primary amides is 1. The van der Waals surface area contributed by atoms with Crippen LogP contribution in [0.3, 0.4) is 0 Å². The van der Waals surface area contributed by atoms with Gasteiger partial charge in [-0.3, -0.25) is 19.2 Å². The van der Waals surface area contributed by atoms with Gasteiger partial charge in [0, 0.05) is 12.1 Å². The Morgan fingerprint density at radius 3 is 2.30 bits per heavy atom. The molecule has 11 nitrogen and oxygen atoms in total. The number of piperidine rings is 1. The monoisotopic (exact) mass is 637 g/mol. The first-order chi connectivity index (χ1) is 21.5. The molecule has 1 unspecified atom stereocenters.